The lowest BCUT2D eigenvalue weighted by molar-refractivity contribution is -0.258. The van der Waals surface area contributed by atoms with E-state index in [1.54, 1.807) is 22.7 Å². The first-order valence-corrected chi connectivity index (χ1v) is 11.5. The van der Waals surface area contributed by atoms with Crippen molar-refractivity contribution in [2.24, 2.45) is 0 Å². The quantitative estimate of drug-likeness (QED) is 0.479. The van der Waals surface area contributed by atoms with Gasteiger partial charge in [0.15, 0.2) is 0 Å². The number of nitrogens with zero attached hydrogens (tertiary/aromatic N) is 5. The molecule has 2 aliphatic rings. The number of amidine groups is 1. The van der Waals surface area contributed by atoms with Gasteiger partial charge in [-0.1, -0.05) is 6.07 Å². The predicted octanol–water partition coefficient (Wildman–Crippen LogP) is 1.99. The predicted molar refractivity (Wildman–Crippen MR) is 121 cm³/mol. The van der Waals surface area contributed by atoms with Crippen molar-refractivity contribution in [3.63, 3.8) is 0 Å². The Balaban J connectivity index is 1.38. The molecule has 0 saturated carbocycles. The Morgan fingerprint density at radius 2 is 1.85 bits per heavy atom. The van der Waals surface area contributed by atoms with Crippen LogP contribution in [0, 0.1) is 5.82 Å². The molecule has 1 amide bonds. The Morgan fingerprint density at radius 3 is 2.55 bits per heavy atom. The van der Waals surface area contributed by atoms with E-state index in [4.69, 9.17) is 0 Å². The molecule has 2 aliphatic heterocycles. The number of carbonyl (C=O) groups is 2. The second kappa shape index (κ2) is 9.56. The molecule has 1 atom stereocenters. The molecule has 17 heteroatoms. The molecular weight excluding hydrogens is 557 g/mol. The van der Waals surface area contributed by atoms with Gasteiger partial charge in [0.25, 0.3) is 17.6 Å². The van der Waals surface area contributed by atoms with Crippen molar-refractivity contribution in [2.45, 2.75) is 24.9 Å². The fourth-order valence-corrected chi connectivity index (χ4v) is 4.51. The Bertz CT molecular complexity index is 1580. The summed E-state index contributed by atoms with van der Waals surface area (Å²) in [5.41, 5.74) is 0.648. The van der Waals surface area contributed by atoms with Crippen molar-refractivity contribution in [1.82, 2.24) is 29.5 Å². The molecule has 1 saturated heterocycles. The molecule has 0 spiro atoms. The number of halogens is 7. The average molecular weight is 574 g/mol. The van der Waals surface area contributed by atoms with E-state index in [1.807, 2.05) is 0 Å². The van der Waals surface area contributed by atoms with Gasteiger partial charge in [0.2, 0.25) is 0 Å². The normalized spacial score (nSPS) is 17.7. The highest BCUT2D eigenvalue weighted by Crippen LogP contribution is 2.29. The Labute approximate surface area is 218 Å². The van der Waals surface area contributed by atoms with Crippen molar-refractivity contribution in [3.05, 3.63) is 75.7 Å². The summed E-state index contributed by atoms with van der Waals surface area (Å²) in [4.78, 5) is 44.6. The number of amides is 1. The van der Waals surface area contributed by atoms with E-state index in [1.165, 1.54) is 18.3 Å². The number of fused-ring (bicyclic) bond motifs is 2. The zero-order chi connectivity index (χ0) is 29.0. The monoisotopic (exact) mass is 574 g/mol. The topological polar surface area (TPSA) is 104 Å². The van der Waals surface area contributed by atoms with Gasteiger partial charge in [-0.2, -0.15) is 26.3 Å². The van der Waals surface area contributed by atoms with E-state index in [0.717, 1.165) is 11.0 Å². The highest BCUT2D eigenvalue weighted by molar-refractivity contribution is 5.95. The van der Waals surface area contributed by atoms with Crippen LogP contribution in [0.4, 0.5) is 30.7 Å². The fraction of sp³-hybridized carbons (Fsp3) is 0.304. The summed E-state index contributed by atoms with van der Waals surface area (Å²) in [6, 6.07) is 6.91. The molecule has 211 valence electrons. The average Bonchev–Trinajstić information content (AvgIpc) is 3.52. The minimum Gasteiger partial charge on any atom is -0.328 e. The zero-order valence-corrected chi connectivity index (χ0v) is 20.0. The molecule has 40 heavy (non-hydrogen) atoms. The van der Waals surface area contributed by atoms with Crippen molar-refractivity contribution in [1.29, 1.82) is 0 Å². The third-order valence-electron chi connectivity index (χ3n) is 6.33. The molecule has 10 nitrogen and oxygen atoms in total. The number of hydroxylamine groups is 1. The third-order valence-corrected chi connectivity index (χ3v) is 6.33. The highest BCUT2D eigenvalue weighted by Gasteiger charge is 2.62. The molecule has 3 aromatic rings. The highest BCUT2D eigenvalue weighted by atomic mass is 19.4. The Kier molecular flexibility index (Phi) is 6.46. The number of piperazine rings is 1. The van der Waals surface area contributed by atoms with Gasteiger partial charge in [-0.3, -0.25) is 14.4 Å². The lowest BCUT2D eigenvalue weighted by Gasteiger charge is -2.34. The van der Waals surface area contributed by atoms with Crippen LogP contribution in [0.25, 0.3) is 5.52 Å². The van der Waals surface area contributed by atoms with Gasteiger partial charge in [0, 0.05) is 29.7 Å². The van der Waals surface area contributed by atoms with E-state index < -0.39 is 60.7 Å². The van der Waals surface area contributed by atoms with Crippen LogP contribution in [0.2, 0.25) is 0 Å². The van der Waals surface area contributed by atoms with Gasteiger partial charge in [-0.25, -0.2) is 14.1 Å². The SMILES string of the molecule is O=C(c1cc(Cc2c[nH]c(=O)c3cccn23)ccc1F)N1CCN2C(C(F)(F)F)=[N+]N(OC(=O)C(F)(F)F)C2C1. The van der Waals surface area contributed by atoms with E-state index in [0.29, 0.717) is 21.7 Å². The number of hydrazone groups is 1. The molecule has 1 fully saturated rings. The minimum absolute atomic E-state index is 0.149. The lowest BCUT2D eigenvalue weighted by atomic mass is 10.0. The third kappa shape index (κ3) is 4.93. The summed E-state index contributed by atoms with van der Waals surface area (Å²) >= 11 is 0. The number of nitrogens with one attached hydrogen (secondary N) is 1. The number of benzene rings is 1. The molecule has 0 bridgehead atoms. The molecule has 2 aromatic heterocycles. The smallest absolute Gasteiger partial charge is 0.328 e. The second-order valence-electron chi connectivity index (χ2n) is 8.89. The number of carbonyl (C=O) groups excluding carboxylic acids is 2. The van der Waals surface area contributed by atoms with E-state index >= 15 is 0 Å². The van der Waals surface area contributed by atoms with Crippen LogP contribution in [0.5, 0.6) is 0 Å². The van der Waals surface area contributed by atoms with Crippen LogP contribution in [0.3, 0.4) is 0 Å². The summed E-state index contributed by atoms with van der Waals surface area (Å²) in [5.74, 6) is -6.30. The van der Waals surface area contributed by atoms with Gasteiger partial charge in [-0.05, 0) is 29.8 Å². The number of hydrogen-bond donors (Lipinski definition) is 1. The number of H-pyrrole nitrogens is 1. The molecule has 1 aromatic carbocycles. The number of rotatable bonds is 4. The molecule has 4 heterocycles. The van der Waals surface area contributed by atoms with Crippen LogP contribution in [0.1, 0.15) is 21.6 Å². The maximum atomic E-state index is 14.7. The van der Waals surface area contributed by atoms with Gasteiger partial charge in [-0.15, -0.1) is 0 Å². The summed E-state index contributed by atoms with van der Waals surface area (Å²) in [6.07, 6.45) is -9.11. The van der Waals surface area contributed by atoms with E-state index in [-0.39, 0.29) is 23.7 Å². The van der Waals surface area contributed by atoms with Crippen LogP contribution in [-0.4, -0.2) is 80.2 Å². The summed E-state index contributed by atoms with van der Waals surface area (Å²) in [5, 5.41) is 2.85. The number of aromatic nitrogens is 2. The van der Waals surface area contributed by atoms with Gasteiger partial charge in [0.05, 0.1) is 23.8 Å². The van der Waals surface area contributed by atoms with Gasteiger partial charge in [0.1, 0.15) is 17.9 Å². The Morgan fingerprint density at radius 1 is 1.10 bits per heavy atom. The summed E-state index contributed by atoms with van der Waals surface area (Å²) < 4.78 is 94.8. The summed E-state index contributed by atoms with van der Waals surface area (Å²) in [6.45, 7) is -1.60. The van der Waals surface area contributed by atoms with E-state index in [9.17, 15) is 45.1 Å². The Hall–Kier alpha value is -4.57. The maximum Gasteiger partial charge on any atom is 0.501 e. The first-order chi connectivity index (χ1) is 18.7. The van der Waals surface area contributed by atoms with Crippen LogP contribution < -0.4 is 10.7 Å². The fourth-order valence-electron chi connectivity index (χ4n) is 4.51. The van der Waals surface area contributed by atoms with Crippen LogP contribution in [0.15, 0.2) is 47.5 Å². The number of alkyl halides is 6. The molecule has 0 aliphatic carbocycles. The molecule has 1 radical (unpaired) electrons. The number of aromatic amines is 1. The van der Waals surface area contributed by atoms with Gasteiger partial charge >= 0.3 is 24.2 Å². The van der Waals surface area contributed by atoms with Crippen LogP contribution >= 0.6 is 0 Å². The molecular formula is C23H17F7N6O4+. The molecule has 1 unspecified atom stereocenters. The maximum absolute atomic E-state index is 14.7. The largest absolute Gasteiger partial charge is 0.501 e. The zero-order valence-electron chi connectivity index (χ0n) is 20.0. The van der Waals surface area contributed by atoms with Crippen molar-refractivity contribution in [3.8, 4) is 0 Å². The van der Waals surface area contributed by atoms with Crippen molar-refractivity contribution < 1.29 is 45.2 Å². The van der Waals surface area contributed by atoms with Crippen LogP contribution in [-0.2, 0) is 16.1 Å². The van der Waals surface area contributed by atoms with Gasteiger partial charge < -0.3 is 14.3 Å². The molecule has 5 rings (SSSR count). The van der Waals surface area contributed by atoms with Crippen molar-refractivity contribution >= 4 is 23.2 Å². The first-order valence-electron chi connectivity index (χ1n) is 11.5. The van der Waals surface area contributed by atoms with E-state index in [2.05, 4.69) is 14.9 Å². The first kappa shape index (κ1) is 27.0. The molecule has 1 N–H and O–H groups in total. The lowest BCUT2D eigenvalue weighted by Crippen LogP contribution is -2.60. The number of hydrogen-bond acceptors (Lipinski definition) is 7. The van der Waals surface area contributed by atoms with Crippen molar-refractivity contribution in [2.75, 3.05) is 19.6 Å². The summed E-state index contributed by atoms with van der Waals surface area (Å²) in [7, 11) is 0. The standard InChI is InChI=1S/C23H17F7N6O4/c24-15-4-3-12(8-13-10-31-18(37)16-2-1-5-34(13)16)9-14(15)19(38)33-6-7-35-17(11-33)36(32-20(35)22(25,26)27)40-21(39)23(28,29)30/h1-5,9-10,17H,6-8,11H2,(H,31,37)/q+1. The minimum atomic E-state index is -5.52. The second-order valence-corrected chi connectivity index (χ2v) is 8.89.